The molecule has 2 unspecified atom stereocenters. The molecular weight excluding hydrogens is 226 g/mol. The summed E-state index contributed by atoms with van der Waals surface area (Å²) in [7, 11) is 0. The van der Waals surface area contributed by atoms with Crippen molar-refractivity contribution >= 4 is 5.91 Å². The fourth-order valence-electron chi connectivity index (χ4n) is 2.84. The maximum atomic E-state index is 12.6. The van der Waals surface area contributed by atoms with Gasteiger partial charge in [-0.15, -0.1) is 0 Å². The van der Waals surface area contributed by atoms with Crippen LogP contribution in [0.15, 0.2) is 0 Å². The number of likely N-dealkylation sites (tertiary alicyclic amines) is 1. The van der Waals surface area contributed by atoms with E-state index < -0.39 is 0 Å². The SMILES string of the molecule is CCC(C(=O)N1CCC(C)(CN)C1)N(CC)CC. The van der Waals surface area contributed by atoms with E-state index >= 15 is 0 Å². The standard InChI is InChI=1S/C14H29N3O/c1-5-12(16(6-2)7-3)13(18)17-9-8-14(4,10-15)11-17/h12H,5-11,15H2,1-4H3. The molecule has 0 bridgehead atoms. The molecule has 4 heteroatoms. The summed E-state index contributed by atoms with van der Waals surface area (Å²) < 4.78 is 0. The molecule has 0 radical (unpaired) electrons. The van der Waals surface area contributed by atoms with Crippen LogP contribution >= 0.6 is 0 Å². The Morgan fingerprint density at radius 1 is 1.39 bits per heavy atom. The molecule has 1 rings (SSSR count). The molecular formula is C14H29N3O. The Labute approximate surface area is 111 Å². The molecule has 0 saturated carbocycles. The topological polar surface area (TPSA) is 49.6 Å². The highest BCUT2D eigenvalue weighted by Gasteiger charge is 2.37. The molecule has 106 valence electrons. The number of hydrogen-bond donors (Lipinski definition) is 1. The predicted molar refractivity (Wildman–Crippen MR) is 75.4 cm³/mol. The van der Waals surface area contributed by atoms with Crippen LogP contribution in [-0.4, -0.2) is 54.5 Å². The quantitative estimate of drug-likeness (QED) is 0.778. The van der Waals surface area contributed by atoms with Crippen LogP contribution in [0.4, 0.5) is 0 Å². The first-order chi connectivity index (χ1) is 8.51. The summed E-state index contributed by atoms with van der Waals surface area (Å²) in [6, 6.07) is 0.0418. The average molecular weight is 255 g/mol. The molecule has 4 nitrogen and oxygen atoms in total. The summed E-state index contributed by atoms with van der Waals surface area (Å²) in [4.78, 5) is 16.8. The minimum Gasteiger partial charge on any atom is -0.341 e. The Kier molecular flexibility index (Phi) is 5.60. The van der Waals surface area contributed by atoms with E-state index in [1.807, 2.05) is 4.90 Å². The Hall–Kier alpha value is -0.610. The zero-order valence-corrected chi connectivity index (χ0v) is 12.4. The molecule has 1 aliphatic heterocycles. The summed E-state index contributed by atoms with van der Waals surface area (Å²) in [5.41, 5.74) is 5.93. The number of rotatable bonds is 6. The molecule has 1 heterocycles. The lowest BCUT2D eigenvalue weighted by Gasteiger charge is -2.32. The number of nitrogens with two attached hydrogens (primary N) is 1. The van der Waals surface area contributed by atoms with Gasteiger partial charge in [-0.3, -0.25) is 9.69 Å². The second kappa shape index (κ2) is 6.53. The summed E-state index contributed by atoms with van der Waals surface area (Å²) in [6.45, 7) is 12.7. The van der Waals surface area contributed by atoms with E-state index in [-0.39, 0.29) is 11.5 Å². The summed E-state index contributed by atoms with van der Waals surface area (Å²) in [5.74, 6) is 0.290. The van der Waals surface area contributed by atoms with Crippen molar-refractivity contribution in [2.75, 3.05) is 32.7 Å². The van der Waals surface area contributed by atoms with E-state index in [4.69, 9.17) is 5.73 Å². The molecule has 1 fully saturated rings. The molecule has 0 aromatic rings. The highest BCUT2D eigenvalue weighted by molar-refractivity contribution is 5.82. The van der Waals surface area contributed by atoms with Crippen molar-refractivity contribution in [2.24, 2.45) is 11.1 Å². The van der Waals surface area contributed by atoms with Crippen molar-refractivity contribution in [1.82, 2.24) is 9.80 Å². The Morgan fingerprint density at radius 3 is 2.39 bits per heavy atom. The molecule has 0 aromatic carbocycles. The van der Waals surface area contributed by atoms with E-state index in [9.17, 15) is 4.79 Å². The van der Waals surface area contributed by atoms with Gasteiger partial charge in [0.15, 0.2) is 0 Å². The van der Waals surface area contributed by atoms with Gasteiger partial charge in [0.2, 0.25) is 5.91 Å². The van der Waals surface area contributed by atoms with Gasteiger partial charge in [0.05, 0.1) is 6.04 Å². The number of amides is 1. The van der Waals surface area contributed by atoms with Crippen LogP contribution in [0.3, 0.4) is 0 Å². The molecule has 1 amide bonds. The molecule has 1 aliphatic rings. The second-order valence-electron chi connectivity index (χ2n) is 5.67. The van der Waals surface area contributed by atoms with Crippen molar-refractivity contribution in [3.8, 4) is 0 Å². The first-order valence-electron chi connectivity index (χ1n) is 7.24. The van der Waals surface area contributed by atoms with Gasteiger partial charge in [-0.1, -0.05) is 27.7 Å². The molecule has 0 aromatic heterocycles. The monoisotopic (exact) mass is 255 g/mol. The largest absolute Gasteiger partial charge is 0.341 e. The van der Waals surface area contributed by atoms with Gasteiger partial charge in [0, 0.05) is 13.1 Å². The van der Waals surface area contributed by atoms with E-state index in [2.05, 4.69) is 32.6 Å². The van der Waals surface area contributed by atoms with Crippen molar-refractivity contribution in [3.05, 3.63) is 0 Å². The van der Waals surface area contributed by atoms with E-state index in [1.54, 1.807) is 0 Å². The summed E-state index contributed by atoms with van der Waals surface area (Å²) in [6.07, 6.45) is 1.92. The Balaban J connectivity index is 2.68. The first kappa shape index (κ1) is 15.4. The molecule has 0 aliphatic carbocycles. The highest BCUT2D eigenvalue weighted by Crippen LogP contribution is 2.29. The van der Waals surface area contributed by atoms with Crippen molar-refractivity contribution in [2.45, 2.75) is 46.6 Å². The fourth-order valence-corrected chi connectivity index (χ4v) is 2.84. The van der Waals surface area contributed by atoms with E-state index in [1.165, 1.54) is 0 Å². The average Bonchev–Trinajstić information content (AvgIpc) is 2.78. The Bertz CT molecular complexity index is 278. The summed E-state index contributed by atoms with van der Waals surface area (Å²) in [5, 5.41) is 0. The lowest BCUT2D eigenvalue weighted by Crippen LogP contribution is -2.48. The zero-order valence-electron chi connectivity index (χ0n) is 12.4. The third kappa shape index (κ3) is 3.23. The minimum absolute atomic E-state index is 0.0418. The van der Waals surface area contributed by atoms with Gasteiger partial charge in [-0.05, 0) is 37.9 Å². The van der Waals surface area contributed by atoms with Crippen molar-refractivity contribution < 1.29 is 4.79 Å². The lowest BCUT2D eigenvalue weighted by atomic mass is 9.90. The predicted octanol–water partition coefficient (Wildman–Crippen LogP) is 1.30. The van der Waals surface area contributed by atoms with Gasteiger partial charge in [0.1, 0.15) is 0 Å². The minimum atomic E-state index is 0.0418. The number of nitrogens with zero attached hydrogens (tertiary/aromatic N) is 2. The van der Waals surface area contributed by atoms with Gasteiger partial charge in [-0.25, -0.2) is 0 Å². The van der Waals surface area contributed by atoms with Crippen LogP contribution in [-0.2, 0) is 4.79 Å². The zero-order chi connectivity index (χ0) is 13.8. The maximum absolute atomic E-state index is 12.6. The first-order valence-corrected chi connectivity index (χ1v) is 7.24. The second-order valence-corrected chi connectivity index (χ2v) is 5.67. The third-order valence-corrected chi connectivity index (χ3v) is 4.29. The van der Waals surface area contributed by atoms with Crippen molar-refractivity contribution in [1.29, 1.82) is 0 Å². The van der Waals surface area contributed by atoms with Gasteiger partial charge in [0.25, 0.3) is 0 Å². The number of hydrogen-bond acceptors (Lipinski definition) is 3. The van der Waals surface area contributed by atoms with Crippen LogP contribution in [0.2, 0.25) is 0 Å². The maximum Gasteiger partial charge on any atom is 0.239 e. The van der Waals surface area contributed by atoms with Gasteiger partial charge >= 0.3 is 0 Å². The Morgan fingerprint density at radius 2 is 2.00 bits per heavy atom. The van der Waals surface area contributed by atoms with Crippen LogP contribution in [0.25, 0.3) is 0 Å². The summed E-state index contributed by atoms with van der Waals surface area (Å²) >= 11 is 0. The smallest absolute Gasteiger partial charge is 0.239 e. The highest BCUT2D eigenvalue weighted by atomic mass is 16.2. The van der Waals surface area contributed by atoms with Crippen LogP contribution < -0.4 is 5.73 Å². The van der Waals surface area contributed by atoms with Crippen LogP contribution in [0.1, 0.15) is 40.5 Å². The molecule has 18 heavy (non-hydrogen) atoms. The van der Waals surface area contributed by atoms with Gasteiger partial charge < -0.3 is 10.6 Å². The molecule has 0 spiro atoms. The molecule has 2 N–H and O–H groups in total. The van der Waals surface area contributed by atoms with Crippen molar-refractivity contribution in [3.63, 3.8) is 0 Å². The van der Waals surface area contributed by atoms with Crippen LogP contribution in [0.5, 0.6) is 0 Å². The third-order valence-electron chi connectivity index (χ3n) is 4.29. The van der Waals surface area contributed by atoms with E-state index in [0.717, 1.165) is 39.0 Å². The number of likely N-dealkylation sites (N-methyl/N-ethyl adjacent to an activating group) is 1. The van der Waals surface area contributed by atoms with E-state index in [0.29, 0.717) is 12.5 Å². The molecule has 2 atom stereocenters. The number of carbonyl (C=O) groups excluding carboxylic acids is 1. The fraction of sp³-hybridized carbons (Fsp3) is 0.929. The number of carbonyl (C=O) groups is 1. The van der Waals surface area contributed by atoms with Crippen LogP contribution in [0, 0.1) is 5.41 Å². The van der Waals surface area contributed by atoms with Gasteiger partial charge in [-0.2, -0.15) is 0 Å². The molecule has 1 saturated heterocycles. The normalized spacial score (nSPS) is 25.8. The lowest BCUT2D eigenvalue weighted by molar-refractivity contribution is -0.136.